The van der Waals surface area contributed by atoms with Gasteiger partial charge >= 0.3 is 0 Å². The first kappa shape index (κ1) is 16.2. The molecule has 0 unspecified atom stereocenters. The van der Waals surface area contributed by atoms with Gasteiger partial charge in [-0.3, -0.25) is 19.6 Å². The summed E-state index contributed by atoms with van der Waals surface area (Å²) in [6.45, 7) is 0. The van der Waals surface area contributed by atoms with E-state index in [4.69, 9.17) is 11.6 Å². The number of Topliss-reactive ketones (excluding diaryl/α,β-unsaturated/α-hetero) is 2. The highest BCUT2D eigenvalue weighted by molar-refractivity contribution is 6.50. The van der Waals surface area contributed by atoms with Crippen LogP contribution in [0.25, 0.3) is 11.1 Å². The van der Waals surface area contributed by atoms with E-state index in [9.17, 15) is 9.59 Å². The molecule has 1 aromatic carbocycles. The van der Waals surface area contributed by atoms with Crippen molar-refractivity contribution in [3.05, 3.63) is 89.1 Å². The summed E-state index contributed by atoms with van der Waals surface area (Å²) in [7, 11) is 0. The van der Waals surface area contributed by atoms with Gasteiger partial charge in [0.2, 0.25) is 11.6 Å². The number of fused-ring (bicyclic) bond motifs is 1. The maximum atomic E-state index is 12.7. The van der Waals surface area contributed by atoms with Crippen LogP contribution in [0.5, 0.6) is 0 Å². The van der Waals surface area contributed by atoms with E-state index in [1.54, 1.807) is 24.5 Å². The lowest BCUT2D eigenvalue weighted by molar-refractivity contribution is 0.0978. The molecule has 1 aliphatic carbocycles. The molecular formula is C20H12ClN3O2. The van der Waals surface area contributed by atoms with E-state index in [1.165, 1.54) is 6.20 Å². The van der Waals surface area contributed by atoms with Gasteiger partial charge in [-0.25, -0.2) is 0 Å². The number of carbonyl (C=O) groups is 2. The van der Waals surface area contributed by atoms with Crippen molar-refractivity contribution in [2.24, 2.45) is 0 Å². The second-order valence-electron chi connectivity index (χ2n) is 5.69. The Morgan fingerprint density at radius 3 is 2.23 bits per heavy atom. The Bertz CT molecular complexity index is 1040. The molecule has 26 heavy (non-hydrogen) atoms. The van der Waals surface area contributed by atoms with Gasteiger partial charge in [-0.15, -0.1) is 0 Å². The summed E-state index contributed by atoms with van der Waals surface area (Å²) in [5.74, 6) is -0.811. The number of nitrogens with zero attached hydrogens (tertiary/aromatic N) is 2. The summed E-state index contributed by atoms with van der Waals surface area (Å²) < 4.78 is 0. The Kier molecular flexibility index (Phi) is 4.07. The predicted molar refractivity (Wildman–Crippen MR) is 99.1 cm³/mol. The lowest BCUT2D eigenvalue weighted by Crippen LogP contribution is -2.25. The zero-order valence-electron chi connectivity index (χ0n) is 13.4. The Morgan fingerprint density at radius 2 is 1.50 bits per heavy atom. The third-order valence-corrected chi connectivity index (χ3v) is 4.44. The second kappa shape index (κ2) is 6.54. The molecule has 0 fully saturated rings. The molecular weight excluding hydrogens is 350 g/mol. The number of ketones is 2. The number of pyridine rings is 2. The quantitative estimate of drug-likeness (QED) is 0.760. The number of rotatable bonds is 3. The second-order valence-corrected chi connectivity index (χ2v) is 6.06. The number of benzene rings is 1. The topological polar surface area (TPSA) is 72.0 Å². The first-order valence-electron chi connectivity index (χ1n) is 7.87. The Labute approximate surface area is 154 Å². The molecule has 5 nitrogen and oxygen atoms in total. The van der Waals surface area contributed by atoms with Gasteiger partial charge in [0, 0.05) is 24.3 Å². The lowest BCUT2D eigenvalue weighted by atomic mass is 9.96. The van der Waals surface area contributed by atoms with Crippen LogP contribution in [0.15, 0.2) is 77.9 Å². The van der Waals surface area contributed by atoms with Gasteiger partial charge in [-0.05, 0) is 47.5 Å². The molecule has 1 aliphatic rings. The molecule has 0 saturated carbocycles. The molecule has 0 aliphatic heterocycles. The lowest BCUT2D eigenvalue weighted by Gasteiger charge is -2.18. The first-order valence-corrected chi connectivity index (χ1v) is 8.24. The number of anilines is 1. The van der Waals surface area contributed by atoms with Crippen molar-refractivity contribution < 1.29 is 9.59 Å². The van der Waals surface area contributed by atoms with E-state index in [1.807, 2.05) is 36.4 Å². The van der Waals surface area contributed by atoms with Gasteiger partial charge in [0.25, 0.3) is 0 Å². The van der Waals surface area contributed by atoms with Crippen molar-refractivity contribution in [3.63, 3.8) is 0 Å². The maximum absolute atomic E-state index is 12.7. The number of hydrogen-bond donors (Lipinski definition) is 1. The summed E-state index contributed by atoms with van der Waals surface area (Å²) >= 11 is 6.13. The molecule has 2 heterocycles. The van der Waals surface area contributed by atoms with Crippen LogP contribution in [-0.4, -0.2) is 21.5 Å². The molecule has 0 bridgehead atoms. The van der Waals surface area contributed by atoms with E-state index in [0.717, 1.165) is 11.1 Å². The molecule has 1 N–H and O–H groups in total. The molecule has 0 radical (unpaired) electrons. The smallest absolute Gasteiger partial charge is 0.225 e. The number of hydrogen-bond acceptors (Lipinski definition) is 5. The number of halogens is 1. The van der Waals surface area contributed by atoms with Crippen LogP contribution in [-0.2, 0) is 0 Å². The van der Waals surface area contributed by atoms with Crippen molar-refractivity contribution in [1.82, 2.24) is 9.97 Å². The summed E-state index contributed by atoms with van der Waals surface area (Å²) in [5, 5.41) is 2.81. The van der Waals surface area contributed by atoms with Crippen LogP contribution in [0.1, 0.15) is 20.8 Å². The summed E-state index contributed by atoms with van der Waals surface area (Å²) in [6, 6.07) is 14.5. The molecule has 4 rings (SSSR count). The summed E-state index contributed by atoms with van der Waals surface area (Å²) in [4.78, 5) is 33.0. The Morgan fingerprint density at radius 1 is 0.808 bits per heavy atom. The van der Waals surface area contributed by atoms with E-state index in [0.29, 0.717) is 5.69 Å². The van der Waals surface area contributed by atoms with E-state index in [-0.39, 0.29) is 27.8 Å². The molecule has 6 heteroatoms. The van der Waals surface area contributed by atoms with Crippen molar-refractivity contribution >= 4 is 28.9 Å². The van der Waals surface area contributed by atoms with Crippen molar-refractivity contribution in [2.45, 2.75) is 0 Å². The fraction of sp³-hybridized carbons (Fsp3) is 0. The van der Waals surface area contributed by atoms with E-state index >= 15 is 0 Å². The van der Waals surface area contributed by atoms with Gasteiger partial charge in [-0.2, -0.15) is 0 Å². The fourth-order valence-electron chi connectivity index (χ4n) is 2.77. The van der Waals surface area contributed by atoms with Crippen LogP contribution in [0.3, 0.4) is 0 Å². The standard InChI is InChI=1S/C20H12ClN3O2/c21-16-18(19(25)15-2-1-9-23-17(15)20(16)26)24-14-5-3-12(4-6-14)13-7-10-22-11-8-13/h1-11,24H. The summed E-state index contributed by atoms with van der Waals surface area (Å²) in [5.41, 5.74) is 3.10. The average Bonchev–Trinajstić information content (AvgIpc) is 2.71. The SMILES string of the molecule is O=C1C(Nc2ccc(-c3ccncc3)cc2)=C(Cl)C(=O)c2ncccc21. The Balaban J connectivity index is 1.64. The number of aromatic nitrogens is 2. The minimum absolute atomic E-state index is 0.0637. The zero-order chi connectivity index (χ0) is 18.1. The zero-order valence-corrected chi connectivity index (χ0v) is 14.2. The van der Waals surface area contributed by atoms with Gasteiger partial charge in [-0.1, -0.05) is 23.7 Å². The van der Waals surface area contributed by atoms with Crippen LogP contribution < -0.4 is 5.32 Å². The van der Waals surface area contributed by atoms with E-state index in [2.05, 4.69) is 15.3 Å². The molecule has 3 aromatic rings. The third kappa shape index (κ3) is 2.78. The molecule has 0 amide bonds. The molecule has 2 aromatic heterocycles. The van der Waals surface area contributed by atoms with Gasteiger partial charge in [0.05, 0.1) is 5.56 Å². The molecule has 126 valence electrons. The van der Waals surface area contributed by atoms with Crippen molar-refractivity contribution in [3.8, 4) is 11.1 Å². The summed E-state index contributed by atoms with van der Waals surface area (Å²) in [6.07, 6.45) is 4.91. The van der Waals surface area contributed by atoms with Crippen LogP contribution in [0.2, 0.25) is 0 Å². The minimum atomic E-state index is -0.460. The van der Waals surface area contributed by atoms with Crippen LogP contribution in [0.4, 0.5) is 5.69 Å². The highest BCUT2D eigenvalue weighted by Crippen LogP contribution is 2.29. The van der Waals surface area contributed by atoms with Crippen LogP contribution in [0, 0.1) is 0 Å². The number of allylic oxidation sites excluding steroid dienone is 2. The Hall–Kier alpha value is -3.31. The van der Waals surface area contributed by atoms with Gasteiger partial charge in [0.15, 0.2) is 0 Å². The molecule has 0 saturated heterocycles. The normalized spacial score (nSPS) is 13.6. The fourth-order valence-corrected chi connectivity index (χ4v) is 2.99. The minimum Gasteiger partial charge on any atom is -0.351 e. The highest BCUT2D eigenvalue weighted by atomic mass is 35.5. The van der Waals surface area contributed by atoms with Crippen molar-refractivity contribution in [2.75, 3.05) is 5.32 Å². The number of nitrogens with one attached hydrogen (secondary N) is 1. The predicted octanol–water partition coefficient (Wildman–Crippen LogP) is 4.09. The number of carbonyl (C=O) groups excluding carboxylic acids is 2. The van der Waals surface area contributed by atoms with Gasteiger partial charge in [0.1, 0.15) is 16.4 Å². The average molecular weight is 362 g/mol. The maximum Gasteiger partial charge on any atom is 0.225 e. The van der Waals surface area contributed by atoms with Gasteiger partial charge < -0.3 is 5.32 Å². The monoisotopic (exact) mass is 361 g/mol. The largest absolute Gasteiger partial charge is 0.351 e. The van der Waals surface area contributed by atoms with Crippen molar-refractivity contribution in [1.29, 1.82) is 0 Å². The highest BCUT2D eigenvalue weighted by Gasteiger charge is 2.32. The van der Waals surface area contributed by atoms with Crippen LogP contribution >= 0.6 is 11.6 Å². The molecule has 0 spiro atoms. The molecule has 0 atom stereocenters. The first-order chi connectivity index (χ1) is 12.6. The third-order valence-electron chi connectivity index (χ3n) is 4.08. The van der Waals surface area contributed by atoms with E-state index < -0.39 is 5.78 Å².